The van der Waals surface area contributed by atoms with Crippen molar-refractivity contribution in [3.63, 3.8) is 0 Å². The second kappa shape index (κ2) is 15.8. The molecule has 0 aromatic rings. The SMILES string of the molecule is C=C(C)C(=O)OCCCCCCCCCCC[Si]C(I)I. The molecule has 0 saturated carbocycles. The molecule has 0 aliphatic heterocycles. The van der Waals surface area contributed by atoms with Gasteiger partial charge in [-0.25, -0.2) is 4.79 Å². The topological polar surface area (TPSA) is 26.3 Å². The number of carbonyl (C=O) groups excluding carboxylic acids is 1. The van der Waals surface area contributed by atoms with Gasteiger partial charge in [-0.2, -0.15) is 0 Å². The lowest BCUT2D eigenvalue weighted by Crippen LogP contribution is -2.05. The van der Waals surface area contributed by atoms with E-state index in [-0.39, 0.29) is 5.97 Å². The quantitative estimate of drug-likeness (QED) is 0.0694. The normalized spacial score (nSPS) is 10.9. The molecule has 2 radical (unpaired) electrons. The van der Waals surface area contributed by atoms with Crippen LogP contribution in [-0.4, -0.2) is 23.7 Å². The maximum atomic E-state index is 11.1. The third-order valence-electron chi connectivity index (χ3n) is 3.20. The smallest absolute Gasteiger partial charge is 0.333 e. The first-order valence-corrected chi connectivity index (χ1v) is 11.7. The Morgan fingerprint density at radius 1 is 1.00 bits per heavy atom. The van der Waals surface area contributed by atoms with Crippen LogP contribution in [0.15, 0.2) is 12.2 Å². The van der Waals surface area contributed by atoms with Gasteiger partial charge in [0.15, 0.2) is 0 Å². The van der Waals surface area contributed by atoms with Gasteiger partial charge in [0, 0.05) is 5.57 Å². The Labute approximate surface area is 160 Å². The first-order valence-electron chi connectivity index (χ1n) is 7.88. The summed E-state index contributed by atoms with van der Waals surface area (Å²) in [5, 5.41) is 0. The minimum absolute atomic E-state index is 0.257. The number of carbonyl (C=O) groups is 1. The highest BCUT2D eigenvalue weighted by Gasteiger charge is 2.02. The summed E-state index contributed by atoms with van der Waals surface area (Å²) in [5.41, 5.74) is 0.489. The van der Waals surface area contributed by atoms with Crippen molar-refractivity contribution >= 4 is 60.7 Å². The van der Waals surface area contributed by atoms with E-state index in [0.717, 1.165) is 23.9 Å². The van der Waals surface area contributed by atoms with Gasteiger partial charge in [-0.3, -0.25) is 0 Å². The van der Waals surface area contributed by atoms with Crippen LogP contribution < -0.4 is 0 Å². The molecule has 0 saturated heterocycles. The molecule has 0 fully saturated rings. The lowest BCUT2D eigenvalue weighted by Gasteiger charge is -2.04. The third-order valence-corrected chi connectivity index (χ3v) is 6.79. The Balaban J connectivity index is 3.09. The molecule has 0 unspecified atom stereocenters. The maximum Gasteiger partial charge on any atom is 0.333 e. The Hall–Kier alpha value is 0.887. The molecule has 0 aromatic heterocycles. The summed E-state index contributed by atoms with van der Waals surface area (Å²) in [4.78, 5) is 11.1. The monoisotopic (exact) mass is 534 g/mol. The summed E-state index contributed by atoms with van der Waals surface area (Å²) >= 11 is 5.02. The summed E-state index contributed by atoms with van der Waals surface area (Å²) in [6.45, 7) is 5.79. The van der Waals surface area contributed by atoms with Crippen LogP contribution in [-0.2, 0) is 9.53 Å². The molecule has 122 valence electrons. The summed E-state index contributed by atoms with van der Waals surface area (Å²) in [7, 11) is 1.13. The molecule has 0 rings (SSSR count). The summed E-state index contributed by atoms with van der Waals surface area (Å²) in [6.07, 6.45) is 11.7. The van der Waals surface area contributed by atoms with Gasteiger partial charge < -0.3 is 4.74 Å². The largest absolute Gasteiger partial charge is 0.462 e. The van der Waals surface area contributed by atoms with E-state index in [1.165, 1.54) is 51.0 Å². The highest BCUT2D eigenvalue weighted by Crippen LogP contribution is 2.14. The van der Waals surface area contributed by atoms with Crippen molar-refractivity contribution in [2.75, 3.05) is 6.61 Å². The molecular weight excluding hydrogens is 506 g/mol. The summed E-state index contributed by atoms with van der Waals surface area (Å²) < 4.78 is 5.89. The van der Waals surface area contributed by atoms with E-state index in [9.17, 15) is 4.79 Å². The van der Waals surface area contributed by atoms with Gasteiger partial charge in [0.05, 0.1) is 17.7 Å². The lowest BCUT2D eigenvalue weighted by atomic mass is 10.1. The summed E-state index contributed by atoms with van der Waals surface area (Å²) in [5.74, 6) is -0.257. The van der Waals surface area contributed by atoms with Crippen molar-refractivity contribution in [3.05, 3.63) is 12.2 Å². The van der Waals surface area contributed by atoms with Crippen LogP contribution >= 0.6 is 45.2 Å². The molecule has 0 aliphatic rings. The number of esters is 1. The fraction of sp³-hybridized carbons (Fsp3) is 0.812. The Morgan fingerprint density at radius 2 is 1.48 bits per heavy atom. The van der Waals surface area contributed by atoms with Crippen LogP contribution in [0, 0.1) is 0 Å². The van der Waals surface area contributed by atoms with Crippen molar-refractivity contribution < 1.29 is 9.53 Å². The Bertz CT molecular complexity index is 283. The van der Waals surface area contributed by atoms with Crippen molar-refractivity contribution in [1.82, 2.24) is 0 Å². The molecular formula is C16H28I2O2Si. The average molecular weight is 534 g/mol. The lowest BCUT2D eigenvalue weighted by molar-refractivity contribution is -0.139. The first kappa shape index (κ1) is 21.9. The molecule has 5 heteroatoms. The maximum absolute atomic E-state index is 11.1. The second-order valence-electron chi connectivity index (χ2n) is 5.35. The summed E-state index contributed by atoms with van der Waals surface area (Å²) in [6, 6.07) is 1.42. The van der Waals surface area contributed by atoms with E-state index in [2.05, 4.69) is 51.8 Å². The van der Waals surface area contributed by atoms with Gasteiger partial charge in [0.1, 0.15) is 0 Å². The number of alkyl halides is 2. The van der Waals surface area contributed by atoms with E-state index < -0.39 is 0 Å². The van der Waals surface area contributed by atoms with E-state index in [4.69, 9.17) is 4.74 Å². The van der Waals surface area contributed by atoms with E-state index in [1.807, 2.05) is 0 Å². The van der Waals surface area contributed by atoms with Crippen LogP contribution in [0.25, 0.3) is 0 Å². The van der Waals surface area contributed by atoms with Crippen LogP contribution in [0.2, 0.25) is 6.04 Å². The van der Waals surface area contributed by atoms with Crippen LogP contribution in [0.5, 0.6) is 0 Å². The molecule has 0 amide bonds. The van der Waals surface area contributed by atoms with E-state index in [0.29, 0.717) is 12.2 Å². The number of halogens is 2. The van der Waals surface area contributed by atoms with Gasteiger partial charge in [-0.15, -0.1) is 0 Å². The minimum atomic E-state index is -0.257. The minimum Gasteiger partial charge on any atom is -0.462 e. The predicted octanol–water partition coefficient (Wildman–Crippen LogP) is 5.89. The number of hydrogen-bond acceptors (Lipinski definition) is 2. The van der Waals surface area contributed by atoms with Crippen LogP contribution in [0.3, 0.4) is 0 Å². The highest BCUT2D eigenvalue weighted by molar-refractivity contribution is 14.2. The average Bonchev–Trinajstić information content (AvgIpc) is 2.43. The zero-order valence-corrected chi connectivity index (χ0v) is 18.5. The third kappa shape index (κ3) is 17.1. The van der Waals surface area contributed by atoms with Gasteiger partial charge in [0.25, 0.3) is 0 Å². The number of hydrogen-bond donors (Lipinski definition) is 0. The van der Waals surface area contributed by atoms with Gasteiger partial charge in [0.2, 0.25) is 0 Å². The highest BCUT2D eigenvalue weighted by atomic mass is 127. The zero-order valence-electron chi connectivity index (χ0n) is 13.1. The fourth-order valence-electron chi connectivity index (χ4n) is 1.96. The van der Waals surface area contributed by atoms with Crippen molar-refractivity contribution in [2.24, 2.45) is 0 Å². The number of ether oxygens (including phenoxy) is 1. The number of unbranched alkanes of at least 4 members (excludes halogenated alkanes) is 8. The second-order valence-corrected chi connectivity index (χ2v) is 14.1. The Kier molecular flexibility index (Phi) is 16.4. The molecule has 0 atom stereocenters. The van der Waals surface area contributed by atoms with Crippen molar-refractivity contribution in [3.8, 4) is 0 Å². The van der Waals surface area contributed by atoms with E-state index >= 15 is 0 Å². The van der Waals surface area contributed by atoms with E-state index in [1.54, 1.807) is 6.92 Å². The number of rotatable bonds is 14. The molecule has 21 heavy (non-hydrogen) atoms. The molecule has 0 N–H and O–H groups in total. The predicted molar refractivity (Wildman–Crippen MR) is 110 cm³/mol. The van der Waals surface area contributed by atoms with Crippen molar-refractivity contribution in [1.29, 1.82) is 0 Å². The van der Waals surface area contributed by atoms with Gasteiger partial charge in [-0.1, -0.05) is 109 Å². The zero-order chi connectivity index (χ0) is 15.9. The van der Waals surface area contributed by atoms with Gasteiger partial charge >= 0.3 is 5.97 Å². The molecule has 2 nitrogen and oxygen atoms in total. The molecule has 0 heterocycles. The van der Waals surface area contributed by atoms with Crippen molar-refractivity contribution in [2.45, 2.75) is 72.3 Å². The van der Waals surface area contributed by atoms with Crippen LogP contribution in [0.4, 0.5) is 0 Å². The molecule has 0 aromatic carbocycles. The molecule has 0 aliphatic carbocycles. The standard InChI is InChI=1S/C16H28I2O2Si/c1-14(2)15(19)20-12-10-8-6-4-3-5-7-9-11-13-21-16(17)18/h16H,1,3-13H2,2H3. The molecule has 0 spiro atoms. The fourth-order valence-corrected chi connectivity index (χ4v) is 4.50. The first-order chi connectivity index (χ1) is 10.0. The molecule has 0 bridgehead atoms. The van der Waals surface area contributed by atoms with Crippen LogP contribution in [0.1, 0.15) is 64.7 Å². The Morgan fingerprint density at radius 3 is 1.95 bits per heavy atom. The van der Waals surface area contributed by atoms with Gasteiger partial charge in [-0.05, 0) is 13.3 Å².